The zero-order valence-corrected chi connectivity index (χ0v) is 14.1. The minimum absolute atomic E-state index is 0.107. The molecule has 19 heavy (non-hydrogen) atoms. The summed E-state index contributed by atoms with van der Waals surface area (Å²) in [7, 11) is 0. The summed E-state index contributed by atoms with van der Waals surface area (Å²) >= 11 is 0. The van der Waals surface area contributed by atoms with E-state index in [0.717, 1.165) is 12.2 Å². The monoisotopic (exact) mass is 264 g/mol. The standard InChI is InChI=1S/C17H32N2/c1-9-11-17(7,8)15-18-13(12(3)10-2)14(19-15)16(4,5)6/h12H,9-11H2,1-8H3,(H,18,19). The van der Waals surface area contributed by atoms with Crippen molar-refractivity contribution in [3.8, 4) is 0 Å². The topological polar surface area (TPSA) is 28.7 Å². The second-order valence-electron chi connectivity index (χ2n) is 7.54. The van der Waals surface area contributed by atoms with Crippen molar-refractivity contribution in [1.29, 1.82) is 0 Å². The van der Waals surface area contributed by atoms with Crippen molar-refractivity contribution < 1.29 is 0 Å². The molecule has 2 nitrogen and oxygen atoms in total. The van der Waals surface area contributed by atoms with E-state index in [-0.39, 0.29) is 10.8 Å². The Kier molecular flexibility index (Phi) is 4.86. The average molecular weight is 264 g/mol. The lowest BCUT2D eigenvalue weighted by Crippen LogP contribution is -2.19. The molecule has 0 amide bonds. The third kappa shape index (κ3) is 3.61. The van der Waals surface area contributed by atoms with E-state index in [1.807, 2.05) is 0 Å². The predicted octanol–water partition coefficient (Wildman–Crippen LogP) is 5.30. The molecule has 0 radical (unpaired) electrons. The highest BCUT2D eigenvalue weighted by Crippen LogP contribution is 2.34. The number of aromatic nitrogens is 2. The van der Waals surface area contributed by atoms with Crippen LogP contribution in [0.5, 0.6) is 0 Å². The van der Waals surface area contributed by atoms with Gasteiger partial charge in [-0.1, -0.05) is 61.8 Å². The van der Waals surface area contributed by atoms with Crippen LogP contribution in [-0.2, 0) is 10.8 Å². The van der Waals surface area contributed by atoms with Crippen LogP contribution in [0.2, 0.25) is 0 Å². The zero-order valence-electron chi connectivity index (χ0n) is 14.1. The van der Waals surface area contributed by atoms with E-state index in [4.69, 9.17) is 4.98 Å². The molecule has 0 saturated carbocycles. The summed E-state index contributed by atoms with van der Waals surface area (Å²) in [5.74, 6) is 1.71. The molecule has 0 aliphatic carbocycles. The SMILES string of the molecule is CCCC(C)(C)c1nc(C(C)(C)C)c(C(C)CC)[nH]1. The molecule has 0 aromatic carbocycles. The van der Waals surface area contributed by atoms with E-state index in [1.54, 1.807) is 0 Å². The molecule has 110 valence electrons. The number of H-pyrrole nitrogens is 1. The molecule has 0 bridgehead atoms. The van der Waals surface area contributed by atoms with Crippen LogP contribution < -0.4 is 0 Å². The molecule has 1 rings (SSSR count). The summed E-state index contributed by atoms with van der Waals surface area (Å²) in [6.07, 6.45) is 3.51. The molecular formula is C17H32N2. The van der Waals surface area contributed by atoms with Gasteiger partial charge in [0.25, 0.3) is 0 Å². The van der Waals surface area contributed by atoms with Crippen molar-refractivity contribution in [2.75, 3.05) is 0 Å². The second kappa shape index (κ2) is 5.68. The van der Waals surface area contributed by atoms with Gasteiger partial charge in [0.05, 0.1) is 5.69 Å². The molecule has 0 spiro atoms. The normalized spacial score (nSPS) is 14.7. The van der Waals surface area contributed by atoms with Gasteiger partial charge < -0.3 is 4.98 Å². The number of hydrogen-bond acceptors (Lipinski definition) is 1. The maximum Gasteiger partial charge on any atom is 0.112 e. The Labute approximate surface area is 119 Å². The van der Waals surface area contributed by atoms with E-state index in [1.165, 1.54) is 24.2 Å². The Balaban J connectivity index is 3.28. The van der Waals surface area contributed by atoms with Crippen LogP contribution in [-0.4, -0.2) is 9.97 Å². The summed E-state index contributed by atoms with van der Waals surface area (Å²) in [5, 5.41) is 0. The van der Waals surface area contributed by atoms with Crippen molar-refractivity contribution in [2.45, 2.75) is 91.4 Å². The lowest BCUT2D eigenvalue weighted by atomic mass is 9.87. The molecule has 0 saturated heterocycles. The lowest BCUT2D eigenvalue weighted by molar-refractivity contribution is 0.445. The summed E-state index contributed by atoms with van der Waals surface area (Å²) in [6.45, 7) is 18.1. The van der Waals surface area contributed by atoms with Crippen molar-refractivity contribution in [3.05, 3.63) is 17.2 Å². The van der Waals surface area contributed by atoms with E-state index in [0.29, 0.717) is 5.92 Å². The van der Waals surface area contributed by atoms with Crippen molar-refractivity contribution >= 4 is 0 Å². The van der Waals surface area contributed by atoms with Crippen LogP contribution in [0.1, 0.15) is 97.8 Å². The van der Waals surface area contributed by atoms with E-state index >= 15 is 0 Å². The molecule has 0 aliphatic heterocycles. The first-order chi connectivity index (χ1) is 8.63. The summed E-state index contributed by atoms with van der Waals surface area (Å²) in [6, 6.07) is 0. The smallest absolute Gasteiger partial charge is 0.112 e. The fourth-order valence-corrected chi connectivity index (χ4v) is 2.58. The third-order valence-corrected chi connectivity index (χ3v) is 4.06. The predicted molar refractivity (Wildman–Crippen MR) is 83.9 cm³/mol. The maximum absolute atomic E-state index is 4.99. The van der Waals surface area contributed by atoms with Gasteiger partial charge in [0.1, 0.15) is 5.82 Å². The van der Waals surface area contributed by atoms with Gasteiger partial charge in [-0.25, -0.2) is 4.98 Å². The Bertz CT molecular complexity index is 407. The molecule has 0 aliphatic rings. The van der Waals surface area contributed by atoms with Gasteiger partial charge in [0, 0.05) is 16.5 Å². The third-order valence-electron chi connectivity index (χ3n) is 4.06. The van der Waals surface area contributed by atoms with Crippen molar-refractivity contribution in [1.82, 2.24) is 9.97 Å². The van der Waals surface area contributed by atoms with Gasteiger partial charge in [0.15, 0.2) is 0 Å². The molecular weight excluding hydrogens is 232 g/mol. The molecule has 1 aromatic rings. The Morgan fingerprint density at radius 1 is 1.11 bits per heavy atom. The van der Waals surface area contributed by atoms with Gasteiger partial charge in [-0.2, -0.15) is 0 Å². The highest BCUT2D eigenvalue weighted by molar-refractivity contribution is 5.27. The van der Waals surface area contributed by atoms with Crippen LogP contribution in [0.25, 0.3) is 0 Å². The van der Waals surface area contributed by atoms with Gasteiger partial charge in [-0.3, -0.25) is 0 Å². The molecule has 1 N–H and O–H groups in total. The molecule has 1 unspecified atom stereocenters. The zero-order chi connectivity index (χ0) is 14.8. The summed E-state index contributed by atoms with van der Waals surface area (Å²) in [4.78, 5) is 8.64. The Hall–Kier alpha value is -0.790. The molecule has 1 atom stereocenters. The lowest BCUT2D eigenvalue weighted by Gasteiger charge is -2.21. The Morgan fingerprint density at radius 3 is 2.11 bits per heavy atom. The van der Waals surface area contributed by atoms with E-state index in [2.05, 4.69) is 60.4 Å². The van der Waals surface area contributed by atoms with E-state index < -0.39 is 0 Å². The fourth-order valence-electron chi connectivity index (χ4n) is 2.58. The molecule has 1 aromatic heterocycles. The molecule has 1 heterocycles. The minimum Gasteiger partial charge on any atom is -0.345 e. The van der Waals surface area contributed by atoms with Gasteiger partial charge >= 0.3 is 0 Å². The van der Waals surface area contributed by atoms with E-state index in [9.17, 15) is 0 Å². The summed E-state index contributed by atoms with van der Waals surface area (Å²) < 4.78 is 0. The maximum atomic E-state index is 4.99. The number of aromatic amines is 1. The number of imidazole rings is 1. The average Bonchev–Trinajstić information content (AvgIpc) is 2.73. The van der Waals surface area contributed by atoms with Crippen molar-refractivity contribution in [3.63, 3.8) is 0 Å². The molecule has 0 fully saturated rings. The Morgan fingerprint density at radius 2 is 1.68 bits per heavy atom. The van der Waals surface area contributed by atoms with Crippen LogP contribution in [0, 0.1) is 0 Å². The number of rotatable bonds is 5. The number of nitrogens with one attached hydrogen (secondary N) is 1. The number of nitrogens with zero attached hydrogens (tertiary/aromatic N) is 1. The highest BCUT2D eigenvalue weighted by atomic mass is 15.0. The quantitative estimate of drug-likeness (QED) is 0.768. The minimum atomic E-state index is 0.107. The van der Waals surface area contributed by atoms with Crippen LogP contribution >= 0.6 is 0 Å². The van der Waals surface area contributed by atoms with Crippen LogP contribution in [0.15, 0.2) is 0 Å². The second-order valence-corrected chi connectivity index (χ2v) is 7.54. The van der Waals surface area contributed by atoms with Crippen LogP contribution in [0.3, 0.4) is 0 Å². The highest BCUT2D eigenvalue weighted by Gasteiger charge is 2.30. The molecule has 2 heteroatoms. The van der Waals surface area contributed by atoms with Crippen LogP contribution in [0.4, 0.5) is 0 Å². The number of hydrogen-bond donors (Lipinski definition) is 1. The fraction of sp³-hybridized carbons (Fsp3) is 0.824. The summed E-state index contributed by atoms with van der Waals surface area (Å²) in [5.41, 5.74) is 2.84. The van der Waals surface area contributed by atoms with Gasteiger partial charge in [-0.05, 0) is 18.8 Å². The van der Waals surface area contributed by atoms with Gasteiger partial charge in [0.2, 0.25) is 0 Å². The largest absolute Gasteiger partial charge is 0.345 e. The first-order valence-electron chi connectivity index (χ1n) is 7.74. The van der Waals surface area contributed by atoms with Gasteiger partial charge in [-0.15, -0.1) is 0 Å². The van der Waals surface area contributed by atoms with Crippen molar-refractivity contribution in [2.24, 2.45) is 0 Å². The first-order valence-corrected chi connectivity index (χ1v) is 7.74. The first kappa shape index (κ1) is 16.3.